The van der Waals surface area contributed by atoms with Gasteiger partial charge in [0, 0.05) is 23.1 Å². The second-order valence-corrected chi connectivity index (χ2v) is 5.46. The second-order valence-electron chi connectivity index (χ2n) is 5.46. The molecule has 1 N–H and O–H groups in total. The van der Waals surface area contributed by atoms with Gasteiger partial charge in [-0.2, -0.15) is 0 Å². The quantitative estimate of drug-likeness (QED) is 0.776. The van der Waals surface area contributed by atoms with Crippen molar-refractivity contribution in [3.8, 4) is 22.8 Å². The summed E-state index contributed by atoms with van der Waals surface area (Å²) >= 11 is 0. The lowest BCUT2D eigenvalue weighted by atomic mass is 10.0. The summed E-state index contributed by atoms with van der Waals surface area (Å²) in [6.07, 6.45) is 0. The third-order valence-corrected chi connectivity index (χ3v) is 3.75. The Morgan fingerprint density at radius 1 is 1.08 bits per heavy atom. The van der Waals surface area contributed by atoms with Gasteiger partial charge in [0.1, 0.15) is 23.9 Å². The molecule has 4 nitrogen and oxygen atoms in total. The van der Waals surface area contributed by atoms with Gasteiger partial charge in [-0.05, 0) is 42.8 Å². The summed E-state index contributed by atoms with van der Waals surface area (Å²) in [6.45, 7) is 2.16. The van der Waals surface area contributed by atoms with Crippen molar-refractivity contribution in [3.63, 3.8) is 0 Å². The summed E-state index contributed by atoms with van der Waals surface area (Å²) in [6, 6.07) is 12.0. The Morgan fingerprint density at radius 3 is 2.67 bits per heavy atom. The highest BCUT2D eigenvalue weighted by atomic mass is 19.1. The van der Waals surface area contributed by atoms with E-state index in [9.17, 15) is 4.39 Å². The number of rotatable bonds is 5. The van der Waals surface area contributed by atoms with Gasteiger partial charge in [0.25, 0.3) is 0 Å². The molecule has 2 aromatic carbocycles. The molecule has 0 amide bonds. The Kier molecular flexibility index (Phi) is 4.62. The van der Waals surface area contributed by atoms with E-state index in [1.165, 1.54) is 19.2 Å². The number of aliphatic hydroxyl groups excluding tert-OH is 1. The molecule has 0 saturated heterocycles. The van der Waals surface area contributed by atoms with Crippen molar-refractivity contribution in [1.29, 1.82) is 0 Å². The summed E-state index contributed by atoms with van der Waals surface area (Å²) in [4.78, 5) is 4.63. The molecule has 24 heavy (non-hydrogen) atoms. The largest absolute Gasteiger partial charge is 0.497 e. The van der Waals surface area contributed by atoms with E-state index < -0.39 is 0 Å². The monoisotopic (exact) mass is 327 g/mol. The first-order valence-electron chi connectivity index (χ1n) is 7.61. The highest BCUT2D eigenvalue weighted by molar-refractivity contribution is 5.86. The zero-order chi connectivity index (χ0) is 17.1. The number of aromatic nitrogens is 1. The molecule has 0 atom stereocenters. The highest BCUT2D eigenvalue weighted by Gasteiger charge is 2.09. The molecule has 0 aliphatic heterocycles. The predicted molar refractivity (Wildman–Crippen MR) is 91.0 cm³/mol. The van der Waals surface area contributed by atoms with Crippen molar-refractivity contribution in [2.45, 2.75) is 6.92 Å². The Hall–Kier alpha value is -2.66. The maximum atomic E-state index is 13.8. The van der Waals surface area contributed by atoms with Crippen molar-refractivity contribution in [3.05, 3.63) is 53.8 Å². The predicted octanol–water partition coefficient (Wildman–Crippen LogP) is 3.73. The third kappa shape index (κ3) is 3.31. The van der Waals surface area contributed by atoms with Crippen LogP contribution in [0.5, 0.6) is 11.5 Å². The molecular weight excluding hydrogens is 309 g/mol. The van der Waals surface area contributed by atoms with E-state index in [0.29, 0.717) is 22.8 Å². The lowest BCUT2D eigenvalue weighted by molar-refractivity contribution is 0.201. The number of nitrogens with zero attached hydrogens (tertiary/aromatic N) is 1. The lowest BCUT2D eigenvalue weighted by Crippen LogP contribution is -2.01. The van der Waals surface area contributed by atoms with Gasteiger partial charge in [-0.25, -0.2) is 9.37 Å². The van der Waals surface area contributed by atoms with Crippen LogP contribution in [0.25, 0.3) is 22.2 Å². The van der Waals surface area contributed by atoms with Crippen LogP contribution in [0, 0.1) is 12.7 Å². The molecule has 0 aliphatic carbocycles. The van der Waals surface area contributed by atoms with Crippen LogP contribution in [-0.4, -0.2) is 30.4 Å². The number of fused-ring (bicyclic) bond motifs is 1. The van der Waals surface area contributed by atoms with E-state index in [4.69, 9.17) is 14.6 Å². The number of aryl methyl sites for hydroxylation is 1. The van der Waals surface area contributed by atoms with E-state index in [1.807, 2.05) is 31.2 Å². The van der Waals surface area contributed by atoms with Crippen molar-refractivity contribution in [2.24, 2.45) is 0 Å². The van der Waals surface area contributed by atoms with E-state index in [-0.39, 0.29) is 19.0 Å². The molecule has 0 spiro atoms. The van der Waals surface area contributed by atoms with Crippen molar-refractivity contribution in [2.75, 3.05) is 20.3 Å². The average molecular weight is 327 g/mol. The summed E-state index contributed by atoms with van der Waals surface area (Å²) in [5, 5.41) is 9.86. The van der Waals surface area contributed by atoms with Crippen LogP contribution >= 0.6 is 0 Å². The number of methoxy groups -OCH3 is 1. The lowest BCUT2D eigenvalue weighted by Gasteiger charge is -2.10. The van der Waals surface area contributed by atoms with Crippen LogP contribution in [0.4, 0.5) is 4.39 Å². The van der Waals surface area contributed by atoms with E-state index in [1.54, 1.807) is 6.07 Å². The molecule has 1 heterocycles. The second kappa shape index (κ2) is 6.84. The van der Waals surface area contributed by atoms with Gasteiger partial charge in [0.15, 0.2) is 0 Å². The molecule has 0 fully saturated rings. The van der Waals surface area contributed by atoms with E-state index in [2.05, 4.69) is 4.98 Å². The summed E-state index contributed by atoms with van der Waals surface area (Å²) < 4.78 is 24.3. The van der Waals surface area contributed by atoms with Crippen LogP contribution in [-0.2, 0) is 0 Å². The van der Waals surface area contributed by atoms with Crippen molar-refractivity contribution >= 4 is 10.9 Å². The third-order valence-electron chi connectivity index (χ3n) is 3.75. The molecular formula is C19H18FNO3. The first-order chi connectivity index (χ1) is 11.6. The van der Waals surface area contributed by atoms with Crippen LogP contribution < -0.4 is 9.47 Å². The summed E-state index contributed by atoms with van der Waals surface area (Å²) in [5.74, 6) is 0.714. The van der Waals surface area contributed by atoms with E-state index >= 15 is 0 Å². The SMILES string of the molecule is COc1cc(F)cc(-c2cc(C)c3ccc(OCCO)cc3n2)c1. The normalized spacial score (nSPS) is 10.8. The molecule has 124 valence electrons. The molecule has 3 aromatic rings. The number of aliphatic hydroxyl groups is 1. The maximum Gasteiger partial charge on any atom is 0.127 e. The molecule has 5 heteroatoms. The van der Waals surface area contributed by atoms with Crippen LogP contribution in [0.2, 0.25) is 0 Å². The fourth-order valence-corrected chi connectivity index (χ4v) is 2.61. The zero-order valence-corrected chi connectivity index (χ0v) is 13.5. The van der Waals surface area contributed by atoms with Gasteiger partial charge in [-0.15, -0.1) is 0 Å². The molecule has 0 saturated carbocycles. The minimum absolute atomic E-state index is 0.0480. The number of hydrogen-bond acceptors (Lipinski definition) is 4. The maximum absolute atomic E-state index is 13.8. The molecule has 0 unspecified atom stereocenters. The average Bonchev–Trinajstić information content (AvgIpc) is 2.59. The van der Waals surface area contributed by atoms with Crippen LogP contribution in [0.3, 0.4) is 0 Å². The smallest absolute Gasteiger partial charge is 0.127 e. The minimum Gasteiger partial charge on any atom is -0.497 e. The fourth-order valence-electron chi connectivity index (χ4n) is 2.61. The summed E-state index contributed by atoms with van der Waals surface area (Å²) in [5.41, 5.74) is 3.10. The molecule has 0 aliphatic rings. The highest BCUT2D eigenvalue weighted by Crippen LogP contribution is 2.29. The van der Waals surface area contributed by atoms with Crippen LogP contribution in [0.1, 0.15) is 5.56 Å². The van der Waals surface area contributed by atoms with Crippen LogP contribution in [0.15, 0.2) is 42.5 Å². The zero-order valence-electron chi connectivity index (χ0n) is 13.5. The number of benzene rings is 2. The van der Waals surface area contributed by atoms with Gasteiger partial charge >= 0.3 is 0 Å². The fraction of sp³-hybridized carbons (Fsp3) is 0.211. The van der Waals surface area contributed by atoms with Gasteiger partial charge < -0.3 is 14.6 Å². The van der Waals surface area contributed by atoms with Crippen molar-refractivity contribution in [1.82, 2.24) is 4.98 Å². The van der Waals surface area contributed by atoms with Gasteiger partial charge in [-0.1, -0.05) is 0 Å². The minimum atomic E-state index is -0.371. The van der Waals surface area contributed by atoms with E-state index in [0.717, 1.165) is 16.5 Å². The summed E-state index contributed by atoms with van der Waals surface area (Å²) in [7, 11) is 1.50. The van der Waals surface area contributed by atoms with Crippen molar-refractivity contribution < 1.29 is 19.0 Å². The molecule has 1 aromatic heterocycles. The Morgan fingerprint density at radius 2 is 1.92 bits per heavy atom. The topological polar surface area (TPSA) is 51.6 Å². The Balaban J connectivity index is 2.10. The molecule has 0 bridgehead atoms. The first kappa shape index (κ1) is 16.2. The standard InChI is InChI=1S/C19H18FNO3/c1-12-7-18(13-8-14(20)10-16(9-13)23-2)21-19-11-15(24-6-5-22)3-4-17(12)19/h3-4,7-11,22H,5-6H2,1-2H3. The van der Waals surface area contributed by atoms with Gasteiger partial charge in [-0.3, -0.25) is 0 Å². The first-order valence-corrected chi connectivity index (χ1v) is 7.61. The molecule has 3 rings (SSSR count). The Bertz CT molecular complexity index is 880. The number of hydrogen-bond donors (Lipinski definition) is 1. The number of halogens is 1. The Labute approximate surface area is 139 Å². The van der Waals surface area contributed by atoms with Gasteiger partial charge in [0.05, 0.1) is 24.9 Å². The van der Waals surface area contributed by atoms with Gasteiger partial charge in [0.2, 0.25) is 0 Å². The number of ether oxygens (including phenoxy) is 2. The molecule has 0 radical (unpaired) electrons. The number of pyridine rings is 1.